The van der Waals surface area contributed by atoms with E-state index in [0.717, 1.165) is 4.90 Å². The van der Waals surface area contributed by atoms with Gasteiger partial charge < -0.3 is 14.8 Å². The number of carbonyl (C=O) groups is 4. The lowest BCUT2D eigenvalue weighted by molar-refractivity contribution is -0.154. The fraction of sp³-hybridized carbons (Fsp3) is 0.455. The molecular weight excluding hydrogens is 388 g/mol. The SMILES string of the molecule is CCOc1ccc(NC(=O)[C@@H](C)OC(=O)CCN2C(=O)[C@H]3CC=CC[C@@H]3C2=O)cc1. The van der Waals surface area contributed by atoms with Crippen molar-refractivity contribution in [1.82, 2.24) is 4.90 Å². The Balaban J connectivity index is 1.45. The van der Waals surface area contributed by atoms with Crippen molar-refractivity contribution in [2.45, 2.75) is 39.2 Å². The van der Waals surface area contributed by atoms with Crippen LogP contribution in [0.3, 0.4) is 0 Å². The third-order valence-electron chi connectivity index (χ3n) is 5.25. The van der Waals surface area contributed by atoms with Gasteiger partial charge >= 0.3 is 5.97 Å². The van der Waals surface area contributed by atoms with E-state index in [1.54, 1.807) is 24.3 Å². The summed E-state index contributed by atoms with van der Waals surface area (Å²) in [4.78, 5) is 50.3. The van der Waals surface area contributed by atoms with E-state index in [2.05, 4.69) is 5.32 Å². The summed E-state index contributed by atoms with van der Waals surface area (Å²) in [5.74, 6) is -1.53. The zero-order valence-electron chi connectivity index (χ0n) is 17.1. The Morgan fingerprint density at radius 1 is 1.10 bits per heavy atom. The zero-order chi connectivity index (χ0) is 21.7. The van der Waals surface area contributed by atoms with Crippen molar-refractivity contribution in [3.8, 4) is 5.75 Å². The first-order valence-corrected chi connectivity index (χ1v) is 10.1. The first-order chi connectivity index (χ1) is 14.4. The molecular formula is C22H26N2O6. The first-order valence-electron chi connectivity index (χ1n) is 10.1. The Labute approximate surface area is 175 Å². The molecule has 0 aromatic heterocycles. The maximum atomic E-state index is 12.4. The highest BCUT2D eigenvalue weighted by molar-refractivity contribution is 6.05. The summed E-state index contributed by atoms with van der Waals surface area (Å²) >= 11 is 0. The number of likely N-dealkylation sites (tertiary alicyclic amines) is 1. The molecule has 8 heteroatoms. The Hall–Kier alpha value is -3.16. The van der Waals surface area contributed by atoms with Crippen LogP contribution in [0.5, 0.6) is 5.75 Å². The normalized spacial score (nSPS) is 21.2. The van der Waals surface area contributed by atoms with Crippen molar-refractivity contribution in [2.24, 2.45) is 11.8 Å². The lowest BCUT2D eigenvalue weighted by Crippen LogP contribution is -2.35. The number of nitrogens with zero attached hydrogens (tertiary/aromatic N) is 1. The highest BCUT2D eigenvalue weighted by atomic mass is 16.5. The van der Waals surface area contributed by atoms with E-state index in [9.17, 15) is 19.2 Å². The van der Waals surface area contributed by atoms with Gasteiger partial charge in [0.05, 0.1) is 24.9 Å². The molecule has 0 bridgehead atoms. The fourth-order valence-electron chi connectivity index (χ4n) is 3.65. The Morgan fingerprint density at radius 3 is 2.27 bits per heavy atom. The molecule has 8 nitrogen and oxygen atoms in total. The van der Waals surface area contributed by atoms with E-state index in [1.165, 1.54) is 6.92 Å². The van der Waals surface area contributed by atoms with Crippen molar-refractivity contribution in [2.75, 3.05) is 18.5 Å². The second-order valence-corrected chi connectivity index (χ2v) is 7.31. The minimum Gasteiger partial charge on any atom is -0.494 e. The molecule has 1 heterocycles. The van der Waals surface area contributed by atoms with Crippen molar-refractivity contribution in [1.29, 1.82) is 0 Å². The molecule has 1 aliphatic carbocycles. The van der Waals surface area contributed by atoms with Gasteiger partial charge in [0, 0.05) is 12.2 Å². The fourth-order valence-corrected chi connectivity index (χ4v) is 3.65. The molecule has 160 valence electrons. The number of imide groups is 1. The van der Waals surface area contributed by atoms with Gasteiger partial charge in [-0.3, -0.25) is 24.1 Å². The minimum atomic E-state index is -1.01. The van der Waals surface area contributed by atoms with Crippen LogP contribution in [0.1, 0.15) is 33.1 Å². The number of esters is 1. The van der Waals surface area contributed by atoms with Gasteiger partial charge in [-0.15, -0.1) is 0 Å². The molecule has 0 radical (unpaired) electrons. The number of nitrogens with one attached hydrogen (secondary N) is 1. The number of anilines is 1. The highest BCUT2D eigenvalue weighted by Gasteiger charge is 2.47. The van der Waals surface area contributed by atoms with Gasteiger partial charge in [-0.2, -0.15) is 0 Å². The monoisotopic (exact) mass is 414 g/mol. The average molecular weight is 414 g/mol. The predicted molar refractivity (Wildman–Crippen MR) is 108 cm³/mol. The van der Waals surface area contributed by atoms with Crippen molar-refractivity contribution >= 4 is 29.4 Å². The standard InChI is InChI=1S/C22H26N2O6/c1-3-29-16-10-8-15(9-11-16)23-20(26)14(2)30-19(25)12-13-24-21(27)17-6-4-5-7-18(17)22(24)28/h4-5,8-11,14,17-18H,3,6-7,12-13H2,1-2H3,(H,23,26)/t14-,17+,18+/m1/s1. The summed E-state index contributed by atoms with van der Waals surface area (Å²) in [5.41, 5.74) is 0.552. The van der Waals surface area contributed by atoms with E-state index in [4.69, 9.17) is 9.47 Å². The summed E-state index contributed by atoms with van der Waals surface area (Å²) in [6.45, 7) is 3.86. The van der Waals surface area contributed by atoms with Gasteiger partial charge in [-0.25, -0.2) is 0 Å². The van der Waals surface area contributed by atoms with Crippen LogP contribution in [0.15, 0.2) is 36.4 Å². The van der Waals surface area contributed by atoms with Crippen LogP contribution < -0.4 is 10.1 Å². The Morgan fingerprint density at radius 2 is 1.70 bits per heavy atom. The molecule has 30 heavy (non-hydrogen) atoms. The number of rotatable bonds is 8. The number of allylic oxidation sites excluding steroid dienone is 2. The van der Waals surface area contributed by atoms with Gasteiger partial charge in [0.25, 0.3) is 5.91 Å². The molecule has 1 fully saturated rings. The molecule has 1 aromatic rings. The molecule has 0 spiro atoms. The molecule has 2 aliphatic rings. The van der Waals surface area contributed by atoms with Crippen LogP contribution in [0, 0.1) is 11.8 Å². The van der Waals surface area contributed by atoms with E-state index < -0.39 is 18.0 Å². The second-order valence-electron chi connectivity index (χ2n) is 7.31. The molecule has 3 amide bonds. The average Bonchev–Trinajstić information content (AvgIpc) is 2.98. The van der Waals surface area contributed by atoms with Crippen LogP contribution >= 0.6 is 0 Å². The largest absolute Gasteiger partial charge is 0.494 e. The summed E-state index contributed by atoms with van der Waals surface area (Å²) in [6, 6.07) is 6.84. The van der Waals surface area contributed by atoms with Gasteiger partial charge in [0.2, 0.25) is 11.8 Å². The Bertz CT molecular complexity index is 822. The van der Waals surface area contributed by atoms with Gasteiger partial charge in [-0.1, -0.05) is 12.2 Å². The second kappa shape index (κ2) is 9.56. The topological polar surface area (TPSA) is 102 Å². The van der Waals surface area contributed by atoms with Crippen LogP contribution in [0.25, 0.3) is 0 Å². The summed E-state index contributed by atoms with van der Waals surface area (Å²) in [5, 5.41) is 2.66. The zero-order valence-corrected chi connectivity index (χ0v) is 17.1. The lowest BCUT2D eigenvalue weighted by atomic mass is 9.85. The number of amides is 3. The lowest BCUT2D eigenvalue weighted by Gasteiger charge is -2.16. The first kappa shape index (κ1) is 21.5. The number of fused-ring (bicyclic) bond motifs is 1. The quantitative estimate of drug-likeness (QED) is 0.398. The molecule has 1 N–H and O–H groups in total. The van der Waals surface area contributed by atoms with Gasteiger partial charge in [0.15, 0.2) is 6.10 Å². The van der Waals surface area contributed by atoms with Gasteiger partial charge in [0.1, 0.15) is 5.75 Å². The third kappa shape index (κ3) is 4.87. The smallest absolute Gasteiger partial charge is 0.308 e. The molecule has 3 rings (SSSR count). The molecule has 1 saturated heterocycles. The van der Waals surface area contributed by atoms with Crippen molar-refractivity contribution in [3.63, 3.8) is 0 Å². The number of hydrogen-bond donors (Lipinski definition) is 1. The van der Waals surface area contributed by atoms with Gasteiger partial charge in [-0.05, 0) is 51.0 Å². The summed E-state index contributed by atoms with van der Waals surface area (Å²) in [7, 11) is 0. The van der Waals surface area contributed by atoms with Crippen molar-refractivity contribution in [3.05, 3.63) is 36.4 Å². The number of benzene rings is 1. The van der Waals surface area contributed by atoms with E-state index in [0.29, 0.717) is 30.9 Å². The van der Waals surface area contributed by atoms with Crippen LogP contribution in [0.2, 0.25) is 0 Å². The molecule has 1 aliphatic heterocycles. The number of carbonyl (C=O) groups excluding carboxylic acids is 4. The summed E-state index contributed by atoms with van der Waals surface area (Å²) < 4.78 is 10.5. The number of ether oxygens (including phenoxy) is 2. The summed E-state index contributed by atoms with van der Waals surface area (Å²) in [6.07, 6.45) is 3.77. The highest BCUT2D eigenvalue weighted by Crippen LogP contribution is 2.35. The minimum absolute atomic E-state index is 0.0310. The Kier molecular flexibility index (Phi) is 6.87. The van der Waals surface area contributed by atoms with Crippen LogP contribution in [0.4, 0.5) is 5.69 Å². The van der Waals surface area contributed by atoms with Crippen molar-refractivity contribution < 1.29 is 28.7 Å². The van der Waals surface area contributed by atoms with Crippen LogP contribution in [-0.4, -0.2) is 47.8 Å². The maximum Gasteiger partial charge on any atom is 0.308 e. The van der Waals surface area contributed by atoms with E-state index >= 15 is 0 Å². The third-order valence-corrected chi connectivity index (χ3v) is 5.25. The molecule has 3 atom stereocenters. The van der Waals surface area contributed by atoms with Crippen LogP contribution in [-0.2, 0) is 23.9 Å². The molecule has 0 saturated carbocycles. The predicted octanol–water partition coefficient (Wildman–Crippen LogP) is 2.30. The van der Waals surface area contributed by atoms with E-state index in [-0.39, 0.29) is 36.6 Å². The van der Waals surface area contributed by atoms with E-state index in [1.807, 2.05) is 19.1 Å². The molecule has 0 unspecified atom stereocenters. The maximum absolute atomic E-state index is 12.4. The number of hydrogen-bond acceptors (Lipinski definition) is 6. The molecule has 1 aromatic carbocycles.